The molecule has 0 saturated carbocycles. The van der Waals surface area contributed by atoms with Gasteiger partial charge in [0.25, 0.3) is 0 Å². The van der Waals surface area contributed by atoms with Crippen LogP contribution in [0.1, 0.15) is 33.1 Å². The van der Waals surface area contributed by atoms with Crippen LogP contribution in [0.2, 0.25) is 0 Å². The minimum Gasteiger partial charge on any atom is -0.338 e. The SMILES string of the molecule is CC(C)NC(=O)NCCC1CCN(C)CC1. The molecular formula is C12H25N3O. The number of hydrogen-bond acceptors (Lipinski definition) is 2. The van der Waals surface area contributed by atoms with E-state index < -0.39 is 0 Å². The van der Waals surface area contributed by atoms with Crippen LogP contribution in [0.25, 0.3) is 0 Å². The second-order valence-electron chi connectivity index (χ2n) is 5.09. The Balaban J connectivity index is 2.04. The van der Waals surface area contributed by atoms with E-state index in [1.54, 1.807) is 0 Å². The normalized spacial score (nSPS) is 18.8. The number of carbonyl (C=O) groups is 1. The van der Waals surface area contributed by atoms with Crippen molar-refractivity contribution in [1.82, 2.24) is 15.5 Å². The first-order valence-electron chi connectivity index (χ1n) is 6.31. The third-order valence-corrected chi connectivity index (χ3v) is 3.10. The van der Waals surface area contributed by atoms with Crippen molar-refractivity contribution in [3.63, 3.8) is 0 Å². The van der Waals surface area contributed by atoms with Crippen LogP contribution in [0.15, 0.2) is 0 Å². The fourth-order valence-corrected chi connectivity index (χ4v) is 2.05. The average molecular weight is 227 g/mol. The summed E-state index contributed by atoms with van der Waals surface area (Å²) in [6, 6.07) is 0.172. The molecule has 1 fully saturated rings. The summed E-state index contributed by atoms with van der Waals surface area (Å²) in [4.78, 5) is 13.7. The lowest BCUT2D eigenvalue weighted by molar-refractivity contribution is 0.209. The Morgan fingerprint density at radius 3 is 2.56 bits per heavy atom. The standard InChI is InChI=1S/C12H25N3O/c1-10(2)14-12(16)13-7-4-11-5-8-15(3)9-6-11/h10-11H,4-9H2,1-3H3,(H2,13,14,16). The Morgan fingerprint density at radius 2 is 2.00 bits per heavy atom. The molecule has 1 rings (SSSR count). The van der Waals surface area contributed by atoms with Crippen molar-refractivity contribution in [2.45, 2.75) is 39.2 Å². The van der Waals surface area contributed by atoms with Crippen LogP contribution in [-0.4, -0.2) is 43.7 Å². The fraction of sp³-hybridized carbons (Fsp3) is 0.917. The smallest absolute Gasteiger partial charge is 0.314 e. The van der Waals surface area contributed by atoms with Crippen molar-refractivity contribution in [1.29, 1.82) is 0 Å². The van der Waals surface area contributed by atoms with Gasteiger partial charge >= 0.3 is 6.03 Å². The molecule has 0 unspecified atom stereocenters. The van der Waals surface area contributed by atoms with Gasteiger partial charge in [0.15, 0.2) is 0 Å². The number of nitrogens with one attached hydrogen (secondary N) is 2. The zero-order valence-electron chi connectivity index (χ0n) is 10.8. The molecule has 2 N–H and O–H groups in total. The molecule has 1 aliphatic heterocycles. The van der Waals surface area contributed by atoms with Gasteiger partial charge in [-0.25, -0.2) is 4.79 Å². The van der Waals surface area contributed by atoms with Crippen LogP contribution < -0.4 is 10.6 Å². The number of amides is 2. The maximum atomic E-state index is 11.3. The van der Waals surface area contributed by atoms with Gasteiger partial charge in [-0.2, -0.15) is 0 Å². The minimum atomic E-state index is -0.0390. The molecule has 0 aromatic rings. The number of urea groups is 1. The van der Waals surface area contributed by atoms with Crippen molar-refractivity contribution in [3.8, 4) is 0 Å². The van der Waals surface area contributed by atoms with Gasteiger partial charge in [-0.1, -0.05) is 0 Å². The van der Waals surface area contributed by atoms with Crippen LogP contribution in [0, 0.1) is 5.92 Å². The number of likely N-dealkylation sites (tertiary alicyclic amines) is 1. The topological polar surface area (TPSA) is 44.4 Å². The van der Waals surface area contributed by atoms with E-state index in [0.29, 0.717) is 0 Å². The zero-order chi connectivity index (χ0) is 12.0. The van der Waals surface area contributed by atoms with Crippen LogP contribution in [0.4, 0.5) is 4.79 Å². The summed E-state index contributed by atoms with van der Waals surface area (Å²) in [5.41, 5.74) is 0. The molecule has 1 saturated heterocycles. The molecule has 2 amide bonds. The van der Waals surface area contributed by atoms with Gasteiger partial charge in [0.1, 0.15) is 0 Å². The van der Waals surface area contributed by atoms with Crippen LogP contribution in [0.5, 0.6) is 0 Å². The molecule has 1 aliphatic rings. The maximum absolute atomic E-state index is 11.3. The van der Waals surface area contributed by atoms with Gasteiger partial charge in [0.05, 0.1) is 0 Å². The fourth-order valence-electron chi connectivity index (χ4n) is 2.05. The molecule has 16 heavy (non-hydrogen) atoms. The highest BCUT2D eigenvalue weighted by Crippen LogP contribution is 2.18. The summed E-state index contributed by atoms with van der Waals surface area (Å²) in [5.74, 6) is 0.788. The van der Waals surface area contributed by atoms with Crippen LogP contribution in [0.3, 0.4) is 0 Å². The number of piperidine rings is 1. The highest BCUT2D eigenvalue weighted by molar-refractivity contribution is 5.73. The molecule has 0 radical (unpaired) electrons. The Bertz CT molecular complexity index is 210. The van der Waals surface area contributed by atoms with Crippen molar-refractivity contribution in [3.05, 3.63) is 0 Å². The molecule has 0 spiro atoms. The van der Waals surface area contributed by atoms with Gasteiger partial charge in [-0.3, -0.25) is 0 Å². The Labute approximate surface area is 98.8 Å². The third-order valence-electron chi connectivity index (χ3n) is 3.10. The first kappa shape index (κ1) is 13.3. The summed E-state index contributed by atoms with van der Waals surface area (Å²) in [6.07, 6.45) is 3.65. The van der Waals surface area contributed by atoms with Gasteiger partial charge in [0.2, 0.25) is 0 Å². The van der Waals surface area contributed by atoms with Crippen molar-refractivity contribution < 1.29 is 4.79 Å². The number of rotatable bonds is 4. The Morgan fingerprint density at radius 1 is 1.38 bits per heavy atom. The monoisotopic (exact) mass is 227 g/mol. The summed E-state index contributed by atoms with van der Waals surface area (Å²) in [5, 5.41) is 5.74. The molecular weight excluding hydrogens is 202 g/mol. The second-order valence-corrected chi connectivity index (χ2v) is 5.09. The number of nitrogens with zero attached hydrogens (tertiary/aromatic N) is 1. The van der Waals surface area contributed by atoms with E-state index >= 15 is 0 Å². The predicted octanol–water partition coefficient (Wildman–Crippen LogP) is 1.43. The highest BCUT2D eigenvalue weighted by atomic mass is 16.2. The first-order valence-corrected chi connectivity index (χ1v) is 6.31. The molecule has 94 valence electrons. The Kier molecular flexibility index (Phi) is 5.60. The molecule has 0 aliphatic carbocycles. The summed E-state index contributed by atoms with van der Waals surface area (Å²) in [7, 11) is 2.17. The number of carbonyl (C=O) groups excluding carboxylic acids is 1. The van der Waals surface area contributed by atoms with Crippen molar-refractivity contribution in [2.24, 2.45) is 5.92 Å². The largest absolute Gasteiger partial charge is 0.338 e. The lowest BCUT2D eigenvalue weighted by Crippen LogP contribution is -2.40. The van der Waals surface area contributed by atoms with Gasteiger partial charge in [-0.05, 0) is 59.2 Å². The van der Waals surface area contributed by atoms with E-state index in [4.69, 9.17) is 0 Å². The maximum Gasteiger partial charge on any atom is 0.314 e. The predicted molar refractivity (Wildman–Crippen MR) is 66.5 cm³/mol. The average Bonchev–Trinajstić information content (AvgIpc) is 2.20. The summed E-state index contributed by atoms with van der Waals surface area (Å²) < 4.78 is 0. The molecule has 0 bridgehead atoms. The van der Waals surface area contributed by atoms with E-state index in [2.05, 4.69) is 22.6 Å². The molecule has 0 aromatic heterocycles. The van der Waals surface area contributed by atoms with E-state index in [1.165, 1.54) is 25.9 Å². The lowest BCUT2D eigenvalue weighted by atomic mass is 9.94. The van der Waals surface area contributed by atoms with Crippen molar-refractivity contribution >= 4 is 6.03 Å². The quantitative estimate of drug-likeness (QED) is 0.763. The zero-order valence-corrected chi connectivity index (χ0v) is 10.8. The molecule has 4 nitrogen and oxygen atoms in total. The summed E-state index contributed by atoms with van der Waals surface area (Å²) >= 11 is 0. The third kappa shape index (κ3) is 5.35. The van der Waals surface area contributed by atoms with Crippen LogP contribution >= 0.6 is 0 Å². The highest BCUT2D eigenvalue weighted by Gasteiger charge is 2.16. The van der Waals surface area contributed by atoms with Gasteiger partial charge in [-0.15, -0.1) is 0 Å². The van der Waals surface area contributed by atoms with E-state index in [9.17, 15) is 4.79 Å². The summed E-state index contributed by atoms with van der Waals surface area (Å²) in [6.45, 7) is 7.13. The van der Waals surface area contributed by atoms with E-state index in [1.807, 2.05) is 13.8 Å². The molecule has 0 atom stereocenters. The van der Waals surface area contributed by atoms with Crippen molar-refractivity contribution in [2.75, 3.05) is 26.7 Å². The van der Waals surface area contributed by atoms with Gasteiger partial charge < -0.3 is 15.5 Å². The second kappa shape index (κ2) is 6.74. The lowest BCUT2D eigenvalue weighted by Gasteiger charge is -2.28. The van der Waals surface area contributed by atoms with E-state index in [-0.39, 0.29) is 12.1 Å². The van der Waals surface area contributed by atoms with E-state index in [0.717, 1.165) is 18.9 Å². The Hall–Kier alpha value is -0.770. The molecule has 1 heterocycles. The van der Waals surface area contributed by atoms with Crippen LogP contribution in [-0.2, 0) is 0 Å². The first-order chi connectivity index (χ1) is 7.58. The minimum absolute atomic E-state index is 0.0390. The van der Waals surface area contributed by atoms with Gasteiger partial charge in [0, 0.05) is 12.6 Å². The number of hydrogen-bond donors (Lipinski definition) is 2. The molecule has 0 aromatic carbocycles. The molecule has 4 heteroatoms.